The normalized spacial score (nSPS) is 40.7. The Morgan fingerprint density at radius 2 is 1.71 bits per heavy atom. The topological polar surface area (TPSA) is 61.4 Å². The van der Waals surface area contributed by atoms with Crippen LogP contribution < -0.4 is 10.6 Å². The van der Waals surface area contributed by atoms with Crippen molar-refractivity contribution < 1.29 is 9.59 Å². The predicted molar refractivity (Wildman–Crippen MR) is 92.3 cm³/mol. The molecule has 0 aromatic heterocycles. The van der Waals surface area contributed by atoms with E-state index < -0.39 is 0 Å². The van der Waals surface area contributed by atoms with Gasteiger partial charge in [-0.3, -0.25) is 14.5 Å². The third kappa shape index (κ3) is 3.19. The van der Waals surface area contributed by atoms with Gasteiger partial charge in [-0.1, -0.05) is 0 Å². The molecule has 5 rings (SSSR count). The van der Waals surface area contributed by atoms with Gasteiger partial charge in [0.15, 0.2) is 0 Å². The van der Waals surface area contributed by atoms with Crippen LogP contribution in [-0.4, -0.2) is 47.9 Å². The molecule has 5 fully saturated rings. The fourth-order valence-electron chi connectivity index (χ4n) is 6.37. The molecule has 0 radical (unpaired) electrons. The van der Waals surface area contributed by atoms with E-state index in [0.29, 0.717) is 6.54 Å². The van der Waals surface area contributed by atoms with Gasteiger partial charge in [0.2, 0.25) is 11.8 Å². The Morgan fingerprint density at radius 1 is 1.08 bits per heavy atom. The molecule has 134 valence electrons. The Hall–Kier alpha value is -1.10. The molecule has 24 heavy (non-hydrogen) atoms. The van der Waals surface area contributed by atoms with Gasteiger partial charge in [0.25, 0.3) is 0 Å². The lowest BCUT2D eigenvalue weighted by atomic mass is 9.53. The molecule has 2 amide bonds. The second-order valence-corrected chi connectivity index (χ2v) is 8.86. The second kappa shape index (κ2) is 6.32. The van der Waals surface area contributed by atoms with Gasteiger partial charge in [0, 0.05) is 25.6 Å². The first-order valence-corrected chi connectivity index (χ1v) is 9.83. The van der Waals surface area contributed by atoms with Crippen molar-refractivity contribution in [3.05, 3.63) is 0 Å². The molecule has 0 spiro atoms. The monoisotopic (exact) mass is 333 g/mol. The number of carbonyl (C=O) groups excluding carboxylic acids is 2. The summed E-state index contributed by atoms with van der Waals surface area (Å²) in [6.45, 7) is 3.93. The van der Waals surface area contributed by atoms with Gasteiger partial charge in [0.05, 0.1) is 6.04 Å². The Bertz CT molecular complexity index is 483. The molecule has 1 heterocycles. The maximum atomic E-state index is 13.0. The van der Waals surface area contributed by atoms with Gasteiger partial charge < -0.3 is 10.6 Å². The molecule has 0 aromatic rings. The van der Waals surface area contributed by atoms with Crippen LogP contribution >= 0.6 is 0 Å². The van der Waals surface area contributed by atoms with Crippen molar-refractivity contribution in [3.8, 4) is 0 Å². The number of amides is 2. The molecule has 4 aliphatic carbocycles. The van der Waals surface area contributed by atoms with E-state index in [1.165, 1.54) is 38.5 Å². The van der Waals surface area contributed by atoms with Gasteiger partial charge in [-0.2, -0.15) is 0 Å². The lowest BCUT2D eigenvalue weighted by Crippen LogP contribution is -2.62. The molecule has 2 N–H and O–H groups in total. The lowest BCUT2D eigenvalue weighted by molar-refractivity contribution is -0.131. The first-order chi connectivity index (χ1) is 11.5. The van der Waals surface area contributed by atoms with Gasteiger partial charge >= 0.3 is 0 Å². The van der Waals surface area contributed by atoms with Crippen molar-refractivity contribution in [2.24, 2.45) is 17.8 Å². The maximum absolute atomic E-state index is 13.0. The largest absolute Gasteiger partial charge is 0.355 e. The van der Waals surface area contributed by atoms with Crippen LogP contribution in [0.4, 0.5) is 0 Å². The van der Waals surface area contributed by atoms with Crippen LogP contribution in [0.25, 0.3) is 0 Å². The number of hydrogen-bond acceptors (Lipinski definition) is 3. The number of carbonyl (C=O) groups is 2. The summed E-state index contributed by atoms with van der Waals surface area (Å²) in [5.74, 6) is 2.82. The van der Waals surface area contributed by atoms with Gasteiger partial charge in [-0.25, -0.2) is 0 Å². The minimum Gasteiger partial charge on any atom is -0.355 e. The minimum absolute atomic E-state index is 0.00349. The Balaban J connectivity index is 1.36. The smallest absolute Gasteiger partial charge is 0.237 e. The van der Waals surface area contributed by atoms with Crippen LogP contribution in [0, 0.1) is 17.8 Å². The molecule has 5 nitrogen and oxygen atoms in total. The van der Waals surface area contributed by atoms with E-state index in [1.807, 2.05) is 0 Å². The highest BCUT2D eigenvalue weighted by molar-refractivity contribution is 5.83. The number of rotatable bonds is 5. The van der Waals surface area contributed by atoms with Crippen molar-refractivity contribution in [2.75, 3.05) is 19.6 Å². The van der Waals surface area contributed by atoms with Crippen LogP contribution in [0.2, 0.25) is 0 Å². The Labute approximate surface area is 144 Å². The summed E-state index contributed by atoms with van der Waals surface area (Å²) in [6, 6.07) is 0.00626. The summed E-state index contributed by atoms with van der Waals surface area (Å²) >= 11 is 0. The van der Waals surface area contributed by atoms with Crippen molar-refractivity contribution in [1.29, 1.82) is 0 Å². The summed E-state index contributed by atoms with van der Waals surface area (Å²) < 4.78 is 0. The van der Waals surface area contributed by atoms with Gasteiger partial charge in [-0.15, -0.1) is 0 Å². The summed E-state index contributed by atoms with van der Waals surface area (Å²) in [4.78, 5) is 26.3. The fourth-order valence-corrected chi connectivity index (χ4v) is 6.37. The summed E-state index contributed by atoms with van der Waals surface area (Å²) in [5.41, 5.74) is 0.109. The van der Waals surface area contributed by atoms with Crippen molar-refractivity contribution in [3.63, 3.8) is 0 Å². The average molecular weight is 333 g/mol. The third-order valence-electron chi connectivity index (χ3n) is 6.87. The number of likely N-dealkylation sites (tertiary alicyclic amines) is 1. The first-order valence-electron chi connectivity index (χ1n) is 9.83. The highest BCUT2D eigenvalue weighted by Gasteiger charge is 2.52. The van der Waals surface area contributed by atoms with Crippen LogP contribution in [0.15, 0.2) is 0 Å². The van der Waals surface area contributed by atoms with Crippen LogP contribution in [-0.2, 0) is 9.59 Å². The second-order valence-electron chi connectivity index (χ2n) is 8.86. The van der Waals surface area contributed by atoms with E-state index in [9.17, 15) is 9.59 Å². The molecule has 5 aliphatic rings. The zero-order chi connectivity index (χ0) is 16.7. The van der Waals surface area contributed by atoms with E-state index in [0.717, 1.165) is 43.7 Å². The Kier molecular flexibility index (Phi) is 4.31. The maximum Gasteiger partial charge on any atom is 0.237 e. The van der Waals surface area contributed by atoms with E-state index in [1.54, 1.807) is 6.92 Å². The molecule has 1 aliphatic heterocycles. The zero-order valence-corrected chi connectivity index (χ0v) is 14.9. The highest BCUT2D eigenvalue weighted by atomic mass is 16.2. The predicted octanol–water partition coefficient (Wildman–Crippen LogP) is 1.67. The summed E-state index contributed by atoms with van der Waals surface area (Å²) in [5, 5.41) is 6.37. The first kappa shape index (κ1) is 16.4. The van der Waals surface area contributed by atoms with Gasteiger partial charge in [0.1, 0.15) is 0 Å². The molecule has 0 aromatic carbocycles. The lowest BCUT2D eigenvalue weighted by Gasteiger charge is -2.57. The standard InChI is InChI=1S/C19H31N3O2/c1-13(23)20-4-6-22-5-2-3-17(22)18(24)21-19-10-14-7-15(11-19)9-16(8-14)12-19/h14-17H,2-12H2,1H3,(H,20,23)(H,21,24). The van der Waals surface area contributed by atoms with E-state index >= 15 is 0 Å². The highest BCUT2D eigenvalue weighted by Crippen LogP contribution is 2.55. The summed E-state index contributed by atoms with van der Waals surface area (Å²) in [6.07, 6.45) is 9.89. The third-order valence-corrected chi connectivity index (χ3v) is 6.87. The molecule has 1 saturated heterocycles. The van der Waals surface area contributed by atoms with Crippen molar-refractivity contribution in [1.82, 2.24) is 15.5 Å². The molecule has 4 saturated carbocycles. The number of nitrogens with zero attached hydrogens (tertiary/aromatic N) is 1. The fraction of sp³-hybridized carbons (Fsp3) is 0.895. The molecule has 4 bridgehead atoms. The van der Waals surface area contributed by atoms with E-state index in [2.05, 4.69) is 15.5 Å². The van der Waals surface area contributed by atoms with Crippen LogP contribution in [0.3, 0.4) is 0 Å². The molecule has 5 heteroatoms. The van der Waals surface area contributed by atoms with Gasteiger partial charge in [-0.05, 0) is 75.7 Å². The molecule has 1 unspecified atom stereocenters. The van der Waals surface area contributed by atoms with E-state index in [-0.39, 0.29) is 23.4 Å². The zero-order valence-electron chi connectivity index (χ0n) is 14.9. The quantitative estimate of drug-likeness (QED) is 0.804. The number of hydrogen-bond donors (Lipinski definition) is 2. The Morgan fingerprint density at radius 3 is 2.29 bits per heavy atom. The van der Waals surface area contributed by atoms with Crippen LogP contribution in [0.5, 0.6) is 0 Å². The molecule has 1 atom stereocenters. The SMILES string of the molecule is CC(=O)NCCN1CCCC1C(=O)NC12CC3CC(CC(C3)C1)C2. The van der Waals surface area contributed by atoms with Crippen LogP contribution in [0.1, 0.15) is 58.3 Å². The van der Waals surface area contributed by atoms with E-state index in [4.69, 9.17) is 0 Å². The number of nitrogens with one attached hydrogen (secondary N) is 2. The minimum atomic E-state index is 0.00349. The molecular weight excluding hydrogens is 302 g/mol. The molecular formula is C19H31N3O2. The van der Waals surface area contributed by atoms with Crippen molar-refractivity contribution in [2.45, 2.75) is 69.9 Å². The summed E-state index contributed by atoms with van der Waals surface area (Å²) in [7, 11) is 0. The average Bonchev–Trinajstić information content (AvgIpc) is 2.93. The van der Waals surface area contributed by atoms with Crippen molar-refractivity contribution >= 4 is 11.8 Å².